The second-order valence-electron chi connectivity index (χ2n) is 6.08. The van der Waals surface area contributed by atoms with Gasteiger partial charge in [0.15, 0.2) is 0 Å². The van der Waals surface area contributed by atoms with E-state index >= 15 is 0 Å². The van der Waals surface area contributed by atoms with E-state index in [0.29, 0.717) is 15.0 Å². The Kier molecular flexibility index (Phi) is 9.82. The van der Waals surface area contributed by atoms with Crippen LogP contribution in [0.4, 0.5) is 0 Å². The van der Waals surface area contributed by atoms with E-state index in [2.05, 4.69) is 110 Å². The monoisotopic (exact) mass is 411 g/mol. The normalized spacial score (nSPS) is 10.3. The van der Waals surface area contributed by atoms with Crippen LogP contribution in [0, 0.1) is 0 Å². The summed E-state index contributed by atoms with van der Waals surface area (Å²) in [5.74, 6) is 0. The molecule has 0 aliphatic heterocycles. The molecule has 0 amide bonds. The van der Waals surface area contributed by atoms with Crippen LogP contribution in [0.2, 0.25) is 0 Å². The first kappa shape index (κ1) is 20.5. The minimum atomic E-state index is 0.461. The molecule has 1 nitrogen and oxygen atoms in total. The first-order valence-corrected chi connectivity index (χ1v) is 11.1. The predicted octanol–water partition coefficient (Wildman–Crippen LogP) is 4.26. The van der Waals surface area contributed by atoms with Gasteiger partial charge in [0.25, 0.3) is 0 Å². The summed E-state index contributed by atoms with van der Waals surface area (Å²) < 4.78 is 2.86. The van der Waals surface area contributed by atoms with E-state index in [-0.39, 0.29) is 0 Å². The molecule has 0 fully saturated rings. The Balaban J connectivity index is 0.000000187. The van der Waals surface area contributed by atoms with Crippen LogP contribution < -0.4 is 8.92 Å². The van der Waals surface area contributed by atoms with Crippen molar-refractivity contribution >= 4 is 23.9 Å². The van der Waals surface area contributed by atoms with Crippen molar-refractivity contribution in [2.75, 3.05) is 13.1 Å². The van der Waals surface area contributed by atoms with Crippen molar-refractivity contribution in [2.24, 2.45) is 0 Å². The second kappa shape index (κ2) is 12.5. The van der Waals surface area contributed by atoms with Crippen LogP contribution in [0.25, 0.3) is 0 Å². The van der Waals surface area contributed by atoms with Crippen LogP contribution in [0.15, 0.2) is 91.0 Å². The Morgan fingerprint density at radius 1 is 0.654 bits per heavy atom. The Bertz CT molecular complexity index is 661. The molecule has 0 saturated carbocycles. The third kappa shape index (κ3) is 8.01. The summed E-state index contributed by atoms with van der Waals surface area (Å²) in [4.78, 5) is 2.47. The fourth-order valence-electron chi connectivity index (χ4n) is 2.62. The zero-order chi connectivity index (χ0) is 18.5. The molecule has 0 spiro atoms. The molecule has 0 aliphatic carbocycles. The van der Waals surface area contributed by atoms with Gasteiger partial charge in [0, 0.05) is 6.54 Å². The molecule has 2 heteroatoms. The first-order valence-electron chi connectivity index (χ1n) is 9.36. The first-order chi connectivity index (χ1) is 12.8. The molecule has 0 heterocycles. The van der Waals surface area contributed by atoms with E-state index in [9.17, 15) is 0 Å². The number of hydrogen-bond donors (Lipinski definition) is 0. The van der Waals surface area contributed by atoms with Gasteiger partial charge in [-0.05, 0) is 25.1 Å². The molecule has 136 valence electrons. The molecule has 0 aromatic heterocycles. The van der Waals surface area contributed by atoms with Gasteiger partial charge in [-0.3, -0.25) is 4.90 Å². The van der Waals surface area contributed by atoms with Gasteiger partial charge < -0.3 is 0 Å². The Labute approximate surface area is 165 Å². The predicted molar refractivity (Wildman–Crippen MR) is 116 cm³/mol. The molecular weight excluding hydrogens is 381 g/mol. The zero-order valence-corrected chi connectivity index (χ0v) is 17.6. The SMILES string of the molecule is CCCN(CC)Cc1ccccc1.c1ccc([Se]c2ccccc2)cc1. The van der Waals surface area contributed by atoms with Gasteiger partial charge >= 0.3 is 84.5 Å². The van der Waals surface area contributed by atoms with E-state index < -0.39 is 0 Å². The third-order valence-corrected chi connectivity index (χ3v) is 6.09. The van der Waals surface area contributed by atoms with Crippen LogP contribution in [0.5, 0.6) is 0 Å². The van der Waals surface area contributed by atoms with Crippen molar-refractivity contribution in [3.05, 3.63) is 96.6 Å². The molecule has 0 bridgehead atoms. The van der Waals surface area contributed by atoms with Crippen LogP contribution in [0.1, 0.15) is 25.8 Å². The van der Waals surface area contributed by atoms with E-state index in [4.69, 9.17) is 0 Å². The van der Waals surface area contributed by atoms with Gasteiger partial charge in [0.05, 0.1) is 0 Å². The van der Waals surface area contributed by atoms with Crippen LogP contribution >= 0.6 is 0 Å². The maximum atomic E-state index is 2.47. The Hall–Kier alpha value is -1.86. The van der Waals surface area contributed by atoms with Crippen LogP contribution in [-0.2, 0) is 6.54 Å². The van der Waals surface area contributed by atoms with Gasteiger partial charge in [-0.1, -0.05) is 44.2 Å². The van der Waals surface area contributed by atoms with Gasteiger partial charge in [0.1, 0.15) is 0 Å². The summed E-state index contributed by atoms with van der Waals surface area (Å²) in [6, 6.07) is 31.9. The average molecular weight is 410 g/mol. The number of nitrogens with zero attached hydrogens (tertiary/aromatic N) is 1. The topological polar surface area (TPSA) is 3.24 Å². The second-order valence-corrected chi connectivity index (χ2v) is 8.49. The molecule has 0 atom stereocenters. The van der Waals surface area contributed by atoms with Crippen molar-refractivity contribution in [3.8, 4) is 0 Å². The molecule has 0 aliphatic rings. The summed E-state index contributed by atoms with van der Waals surface area (Å²) in [6.45, 7) is 7.88. The Morgan fingerprint density at radius 3 is 1.54 bits per heavy atom. The Morgan fingerprint density at radius 2 is 1.12 bits per heavy atom. The summed E-state index contributed by atoms with van der Waals surface area (Å²) in [6.07, 6.45) is 1.24. The number of rotatable bonds is 7. The summed E-state index contributed by atoms with van der Waals surface area (Å²) in [7, 11) is 0. The summed E-state index contributed by atoms with van der Waals surface area (Å²) >= 11 is 0.461. The molecule has 0 N–H and O–H groups in total. The number of benzene rings is 3. The average Bonchev–Trinajstić information content (AvgIpc) is 2.70. The van der Waals surface area contributed by atoms with Crippen molar-refractivity contribution < 1.29 is 0 Å². The van der Waals surface area contributed by atoms with Crippen molar-refractivity contribution in [2.45, 2.75) is 26.8 Å². The standard InChI is InChI=1S/C12H19N.C12H10Se/c1-3-10-13(4-2)11-12-8-6-5-7-9-12;1-3-7-11(8-4-1)13-12-9-5-2-6-10-12/h5-9H,3-4,10-11H2,1-2H3;1-10H. The maximum absolute atomic E-state index is 2.47. The molecule has 0 radical (unpaired) electrons. The van der Waals surface area contributed by atoms with Crippen LogP contribution in [-0.4, -0.2) is 32.9 Å². The van der Waals surface area contributed by atoms with E-state index in [1.54, 1.807) is 0 Å². The quantitative estimate of drug-likeness (QED) is 0.526. The molecule has 3 aromatic carbocycles. The fraction of sp³-hybridized carbons (Fsp3) is 0.250. The molecule has 3 rings (SSSR count). The zero-order valence-electron chi connectivity index (χ0n) is 15.8. The van der Waals surface area contributed by atoms with Crippen molar-refractivity contribution in [1.29, 1.82) is 0 Å². The fourth-order valence-corrected chi connectivity index (χ4v) is 4.42. The third-order valence-electron chi connectivity index (χ3n) is 3.96. The summed E-state index contributed by atoms with van der Waals surface area (Å²) in [5.41, 5.74) is 1.41. The van der Waals surface area contributed by atoms with E-state index in [1.165, 1.54) is 27.5 Å². The molecule has 26 heavy (non-hydrogen) atoms. The van der Waals surface area contributed by atoms with E-state index in [1.807, 2.05) is 0 Å². The van der Waals surface area contributed by atoms with E-state index in [0.717, 1.165) is 13.1 Å². The van der Waals surface area contributed by atoms with Crippen LogP contribution in [0.3, 0.4) is 0 Å². The van der Waals surface area contributed by atoms with Gasteiger partial charge in [-0.15, -0.1) is 0 Å². The number of hydrogen-bond acceptors (Lipinski definition) is 1. The van der Waals surface area contributed by atoms with Gasteiger partial charge in [-0.2, -0.15) is 0 Å². The minimum absolute atomic E-state index is 0.461. The molecule has 0 saturated heterocycles. The molecule has 0 unspecified atom stereocenters. The molecule has 3 aromatic rings. The summed E-state index contributed by atoms with van der Waals surface area (Å²) in [5, 5.41) is 0. The molecular formula is C24H29NSe. The van der Waals surface area contributed by atoms with Crippen molar-refractivity contribution in [3.63, 3.8) is 0 Å². The van der Waals surface area contributed by atoms with Crippen molar-refractivity contribution in [1.82, 2.24) is 4.90 Å². The van der Waals surface area contributed by atoms with Gasteiger partial charge in [0.2, 0.25) is 0 Å². The van der Waals surface area contributed by atoms with Gasteiger partial charge in [-0.25, -0.2) is 0 Å².